The van der Waals surface area contributed by atoms with Crippen LogP contribution in [-0.4, -0.2) is 126 Å². The molecule has 348 valence electrons. The molecule has 1 spiro atoms. The molecule has 4 fully saturated rings. The van der Waals surface area contributed by atoms with Crippen LogP contribution >= 0.6 is 23.1 Å². The van der Waals surface area contributed by atoms with Crippen molar-refractivity contribution in [2.24, 2.45) is 11.3 Å². The molecule has 5 aliphatic rings. The number of carbonyl (C=O) groups is 4. The average Bonchev–Trinajstić information content (AvgIpc) is 3.54. The summed E-state index contributed by atoms with van der Waals surface area (Å²) in [4.78, 5) is 77.4. The van der Waals surface area contributed by atoms with Gasteiger partial charge in [0.15, 0.2) is 0 Å². The molecular formula is C48H53BrN11O6P. The van der Waals surface area contributed by atoms with Crippen molar-refractivity contribution >= 4 is 97.6 Å². The summed E-state index contributed by atoms with van der Waals surface area (Å²) in [5.41, 5.74) is 6.79. The molecule has 3 N–H and O–H groups in total. The molecule has 67 heavy (non-hydrogen) atoms. The van der Waals surface area contributed by atoms with Crippen LogP contribution in [0.1, 0.15) is 64.8 Å². The quantitative estimate of drug-likeness (QED) is 0.0964. The molecule has 17 nitrogen and oxygen atoms in total. The molecule has 3 aromatic carbocycles. The first kappa shape index (κ1) is 44.8. The number of rotatable bonds is 11. The fourth-order valence-electron chi connectivity index (χ4n) is 10.7. The van der Waals surface area contributed by atoms with E-state index in [1.807, 2.05) is 18.2 Å². The lowest BCUT2D eigenvalue weighted by molar-refractivity contribution is -0.136. The van der Waals surface area contributed by atoms with Gasteiger partial charge in [-0.2, -0.15) is 4.98 Å². The van der Waals surface area contributed by atoms with Crippen molar-refractivity contribution < 1.29 is 28.5 Å². The number of ether oxygens (including phenoxy) is 1. The first-order valence-corrected chi connectivity index (χ1v) is 26.2. The van der Waals surface area contributed by atoms with Gasteiger partial charge in [0.25, 0.3) is 11.8 Å². The molecule has 2 aromatic heterocycles. The molecule has 0 radical (unpaired) electrons. The molecule has 10 rings (SSSR count). The van der Waals surface area contributed by atoms with Crippen LogP contribution in [0.4, 0.5) is 34.5 Å². The molecule has 7 heterocycles. The largest absolute Gasteiger partial charge is 0.494 e. The fourth-order valence-corrected chi connectivity index (χ4v) is 12.4. The van der Waals surface area contributed by atoms with Gasteiger partial charge in [0.1, 0.15) is 30.3 Å². The molecule has 0 aliphatic carbocycles. The highest BCUT2D eigenvalue weighted by Gasteiger charge is 2.47. The van der Waals surface area contributed by atoms with Crippen LogP contribution in [0.15, 0.2) is 65.5 Å². The van der Waals surface area contributed by atoms with E-state index in [1.165, 1.54) is 0 Å². The number of carbonyl (C=O) groups excluding carboxylic acids is 4. The molecule has 5 aromatic rings. The maximum absolute atomic E-state index is 13.5. The standard InChI is InChI=1S/C48H53BrN11O6P/c1-28-21-36(54-47-52-24-33(49)43(56-47)53-35-8-7-34-41(51-16-15-50-34)42(35)67(3,4)65)39(66-2)23-38(28)59-19-13-48(14-20-59)26-57(27-48)25-29-11-17-58(18-12-29)30-5-6-31-32(22-30)46(64)60(45(31)63)37-9-10-40(61)55-44(37)62/h5-8,15-16,21-24,29,37H,9-14,17-20,25-27H2,1-4H3,(H,55,61,62)(H2,52,53,54,56). The number of aryl methyl sites for hydroxylation is 1. The monoisotopic (exact) mass is 989 g/mol. The van der Waals surface area contributed by atoms with Crippen molar-refractivity contribution in [3.8, 4) is 5.75 Å². The minimum atomic E-state index is -2.78. The summed E-state index contributed by atoms with van der Waals surface area (Å²) in [5, 5.41) is 9.61. The number of amides is 4. The Morgan fingerprint density at radius 2 is 1.61 bits per heavy atom. The van der Waals surface area contributed by atoms with Crippen molar-refractivity contribution in [2.45, 2.75) is 51.5 Å². The van der Waals surface area contributed by atoms with Crippen molar-refractivity contribution in [1.82, 2.24) is 35.1 Å². The van der Waals surface area contributed by atoms with Gasteiger partial charge >= 0.3 is 0 Å². The van der Waals surface area contributed by atoms with Gasteiger partial charge in [-0.25, -0.2) is 4.98 Å². The highest BCUT2D eigenvalue weighted by atomic mass is 79.9. The lowest BCUT2D eigenvalue weighted by atomic mass is 9.71. The van der Waals surface area contributed by atoms with E-state index in [-0.39, 0.29) is 18.7 Å². The third-order valence-corrected chi connectivity index (χ3v) is 16.2. The van der Waals surface area contributed by atoms with E-state index in [1.54, 1.807) is 51.2 Å². The van der Waals surface area contributed by atoms with Gasteiger partial charge in [0, 0.05) is 88.3 Å². The summed E-state index contributed by atoms with van der Waals surface area (Å²) in [7, 11) is -1.11. The number of methoxy groups -OCH3 is 1. The summed E-state index contributed by atoms with van der Waals surface area (Å²) in [5.74, 6) is 0.202. The van der Waals surface area contributed by atoms with E-state index in [0.29, 0.717) is 66.5 Å². The van der Waals surface area contributed by atoms with E-state index in [4.69, 9.17) is 9.72 Å². The van der Waals surface area contributed by atoms with Gasteiger partial charge in [-0.05, 0) is 122 Å². The second kappa shape index (κ2) is 17.6. The fraction of sp³-hybridized carbons (Fsp3) is 0.417. The highest BCUT2D eigenvalue weighted by Crippen LogP contribution is 2.45. The number of nitrogens with one attached hydrogen (secondary N) is 3. The number of hydrogen-bond donors (Lipinski definition) is 3. The van der Waals surface area contributed by atoms with E-state index >= 15 is 0 Å². The smallest absolute Gasteiger partial charge is 0.262 e. The Bertz CT molecular complexity index is 2890. The molecule has 5 aliphatic heterocycles. The summed E-state index contributed by atoms with van der Waals surface area (Å²) in [6, 6.07) is 12.3. The van der Waals surface area contributed by atoms with Crippen LogP contribution < -0.4 is 35.8 Å². The Labute approximate surface area is 396 Å². The maximum Gasteiger partial charge on any atom is 0.262 e. The summed E-state index contributed by atoms with van der Waals surface area (Å²) < 4.78 is 20.1. The Kier molecular flexibility index (Phi) is 11.8. The number of aromatic nitrogens is 4. The first-order chi connectivity index (χ1) is 32.2. The molecule has 19 heteroatoms. The van der Waals surface area contributed by atoms with Gasteiger partial charge in [0.2, 0.25) is 17.8 Å². The van der Waals surface area contributed by atoms with Crippen molar-refractivity contribution in [1.29, 1.82) is 0 Å². The minimum absolute atomic E-state index is 0.0952. The average molecular weight is 991 g/mol. The normalized spacial score (nSPS) is 20.0. The summed E-state index contributed by atoms with van der Waals surface area (Å²) in [6.45, 7) is 12.6. The molecule has 0 saturated carbocycles. The number of piperidine rings is 3. The van der Waals surface area contributed by atoms with Crippen molar-refractivity contribution in [2.75, 3.05) is 86.7 Å². The minimum Gasteiger partial charge on any atom is -0.494 e. The van der Waals surface area contributed by atoms with Crippen LogP contribution in [-0.2, 0) is 14.2 Å². The number of likely N-dealkylation sites (tertiary alicyclic amines) is 1. The Morgan fingerprint density at radius 1 is 0.866 bits per heavy atom. The summed E-state index contributed by atoms with van der Waals surface area (Å²) in [6.07, 6.45) is 9.49. The van der Waals surface area contributed by atoms with Crippen LogP contribution in [0.5, 0.6) is 5.75 Å². The predicted octanol–water partition coefficient (Wildman–Crippen LogP) is 6.45. The number of halogens is 1. The number of nitrogens with zero attached hydrogens (tertiary/aromatic N) is 8. The lowest BCUT2D eigenvalue weighted by Gasteiger charge is -2.55. The van der Waals surface area contributed by atoms with Gasteiger partial charge in [-0.1, -0.05) is 0 Å². The molecule has 0 bridgehead atoms. The van der Waals surface area contributed by atoms with Crippen LogP contribution in [0.3, 0.4) is 0 Å². The number of imide groups is 2. The molecular weight excluding hydrogens is 937 g/mol. The zero-order valence-corrected chi connectivity index (χ0v) is 40.5. The SMILES string of the molecule is COc1cc(N2CCC3(CC2)CN(CC2CCN(c4ccc5c(c4)C(=O)N(C4CCC(=O)NC4=O)C5=O)CC2)C3)c(C)cc1Nc1ncc(Br)c(Nc2ccc3nccnc3c2P(C)(C)=O)n1. The van der Waals surface area contributed by atoms with E-state index in [9.17, 15) is 23.7 Å². The Balaban J connectivity index is 0.721. The maximum atomic E-state index is 13.5. The van der Waals surface area contributed by atoms with Crippen LogP contribution in [0.2, 0.25) is 0 Å². The van der Waals surface area contributed by atoms with Crippen LogP contribution in [0, 0.1) is 18.3 Å². The van der Waals surface area contributed by atoms with Crippen molar-refractivity contribution in [3.63, 3.8) is 0 Å². The zero-order chi connectivity index (χ0) is 46.8. The predicted molar refractivity (Wildman–Crippen MR) is 261 cm³/mol. The Morgan fingerprint density at radius 3 is 2.34 bits per heavy atom. The van der Waals surface area contributed by atoms with E-state index < -0.39 is 30.9 Å². The van der Waals surface area contributed by atoms with Gasteiger partial charge in [-0.3, -0.25) is 39.4 Å². The summed E-state index contributed by atoms with van der Waals surface area (Å²) >= 11 is 3.59. The van der Waals surface area contributed by atoms with Crippen LogP contribution in [0.25, 0.3) is 11.0 Å². The Hall–Kier alpha value is -5.97. The number of hydrogen-bond acceptors (Lipinski definition) is 15. The molecule has 4 saturated heterocycles. The van der Waals surface area contributed by atoms with Gasteiger partial charge in [0.05, 0.1) is 44.9 Å². The second-order valence-corrected chi connectivity index (χ2v) is 23.0. The number of anilines is 6. The zero-order valence-electron chi connectivity index (χ0n) is 38.0. The van der Waals surface area contributed by atoms with E-state index in [0.717, 1.165) is 99.0 Å². The third kappa shape index (κ3) is 8.63. The lowest BCUT2D eigenvalue weighted by Crippen LogP contribution is -2.61. The highest BCUT2D eigenvalue weighted by molar-refractivity contribution is 9.10. The number of benzene rings is 3. The van der Waals surface area contributed by atoms with Crippen molar-refractivity contribution in [3.05, 3.63) is 82.2 Å². The third-order valence-electron chi connectivity index (χ3n) is 14.1. The first-order valence-electron chi connectivity index (χ1n) is 22.8. The molecule has 1 unspecified atom stereocenters. The number of fused-ring (bicyclic) bond motifs is 2. The van der Waals surface area contributed by atoms with Gasteiger partial charge in [-0.15, -0.1) is 0 Å². The molecule has 4 amide bonds. The molecule has 1 atom stereocenters. The van der Waals surface area contributed by atoms with E-state index in [2.05, 4.69) is 80.6 Å². The van der Waals surface area contributed by atoms with Gasteiger partial charge < -0.3 is 34.6 Å². The second-order valence-electron chi connectivity index (χ2n) is 19.0. The topological polar surface area (TPSA) is 195 Å².